The number of amides is 2. The standard InChI is InChI=1S/C13H20N4O2/c1-10-9-17(6-7-19-10)13(18)15-11-4-5-12(14-8-11)16(2)3/h4-5,8,10H,6-7,9H2,1-3H3,(H,15,18)/t10-/m1/s1. The fourth-order valence-corrected chi connectivity index (χ4v) is 1.93. The second-order valence-electron chi connectivity index (χ2n) is 4.86. The highest BCUT2D eigenvalue weighted by atomic mass is 16.5. The first kappa shape index (κ1) is 13.6. The predicted octanol–water partition coefficient (Wildman–Crippen LogP) is 1.40. The zero-order chi connectivity index (χ0) is 13.8. The van der Waals surface area contributed by atoms with Crippen molar-refractivity contribution >= 4 is 17.5 Å². The first-order valence-electron chi connectivity index (χ1n) is 6.37. The van der Waals surface area contributed by atoms with Crippen molar-refractivity contribution in [1.82, 2.24) is 9.88 Å². The van der Waals surface area contributed by atoms with Gasteiger partial charge in [0.25, 0.3) is 0 Å². The molecule has 0 aromatic carbocycles. The van der Waals surface area contributed by atoms with E-state index in [1.54, 1.807) is 11.1 Å². The predicted molar refractivity (Wildman–Crippen MR) is 74.6 cm³/mol. The summed E-state index contributed by atoms with van der Waals surface area (Å²) in [5.74, 6) is 0.859. The van der Waals surface area contributed by atoms with Gasteiger partial charge in [-0.1, -0.05) is 0 Å². The number of morpholine rings is 1. The Kier molecular flexibility index (Phi) is 4.21. The number of carbonyl (C=O) groups is 1. The SMILES string of the molecule is C[C@@H]1CN(C(=O)Nc2ccc(N(C)C)nc2)CCO1. The van der Waals surface area contributed by atoms with E-state index in [2.05, 4.69) is 10.3 Å². The van der Waals surface area contributed by atoms with Gasteiger partial charge in [-0.3, -0.25) is 0 Å². The van der Waals surface area contributed by atoms with Crippen molar-refractivity contribution in [2.24, 2.45) is 0 Å². The van der Waals surface area contributed by atoms with Crippen molar-refractivity contribution in [1.29, 1.82) is 0 Å². The molecule has 1 N–H and O–H groups in total. The third-order valence-electron chi connectivity index (χ3n) is 2.99. The highest BCUT2D eigenvalue weighted by Gasteiger charge is 2.21. The van der Waals surface area contributed by atoms with Crippen LogP contribution >= 0.6 is 0 Å². The van der Waals surface area contributed by atoms with Crippen LogP contribution in [-0.2, 0) is 4.74 Å². The lowest BCUT2D eigenvalue weighted by molar-refractivity contribution is -0.00138. The molecule has 6 heteroatoms. The third-order valence-corrected chi connectivity index (χ3v) is 2.99. The van der Waals surface area contributed by atoms with Crippen molar-refractivity contribution in [3.05, 3.63) is 18.3 Å². The van der Waals surface area contributed by atoms with Crippen molar-refractivity contribution < 1.29 is 9.53 Å². The summed E-state index contributed by atoms with van der Waals surface area (Å²) in [7, 11) is 3.85. The van der Waals surface area contributed by atoms with Crippen molar-refractivity contribution in [2.75, 3.05) is 44.0 Å². The van der Waals surface area contributed by atoms with Gasteiger partial charge >= 0.3 is 6.03 Å². The molecule has 6 nitrogen and oxygen atoms in total. The van der Waals surface area contributed by atoms with Crippen LogP contribution in [0.4, 0.5) is 16.3 Å². The van der Waals surface area contributed by atoms with Gasteiger partial charge in [-0.05, 0) is 19.1 Å². The lowest BCUT2D eigenvalue weighted by Crippen LogP contribution is -2.46. The molecule has 104 valence electrons. The molecule has 19 heavy (non-hydrogen) atoms. The molecular weight excluding hydrogens is 244 g/mol. The average molecular weight is 264 g/mol. The topological polar surface area (TPSA) is 57.7 Å². The van der Waals surface area contributed by atoms with Crippen LogP contribution in [0.3, 0.4) is 0 Å². The zero-order valence-electron chi connectivity index (χ0n) is 11.6. The van der Waals surface area contributed by atoms with E-state index in [-0.39, 0.29) is 12.1 Å². The minimum atomic E-state index is -0.102. The third kappa shape index (κ3) is 3.57. The van der Waals surface area contributed by atoms with E-state index in [1.807, 2.05) is 38.1 Å². The fourth-order valence-electron chi connectivity index (χ4n) is 1.93. The van der Waals surface area contributed by atoms with Gasteiger partial charge in [0.05, 0.1) is 24.6 Å². The summed E-state index contributed by atoms with van der Waals surface area (Å²) in [6.45, 7) is 3.80. The maximum atomic E-state index is 12.1. The smallest absolute Gasteiger partial charge is 0.322 e. The van der Waals surface area contributed by atoms with Crippen LogP contribution in [0, 0.1) is 0 Å². The second kappa shape index (κ2) is 5.88. The minimum Gasteiger partial charge on any atom is -0.375 e. The van der Waals surface area contributed by atoms with Crippen LogP contribution in [0.2, 0.25) is 0 Å². The Labute approximate surface area is 113 Å². The molecule has 2 heterocycles. The minimum absolute atomic E-state index is 0.0914. The normalized spacial score (nSPS) is 19.1. The van der Waals surface area contributed by atoms with Gasteiger partial charge in [-0.15, -0.1) is 0 Å². The molecule has 1 aliphatic rings. The van der Waals surface area contributed by atoms with Crippen LogP contribution in [0.15, 0.2) is 18.3 Å². The maximum absolute atomic E-state index is 12.1. The summed E-state index contributed by atoms with van der Waals surface area (Å²) in [5, 5.41) is 2.85. The van der Waals surface area contributed by atoms with Gasteiger partial charge in [0, 0.05) is 27.2 Å². The summed E-state index contributed by atoms with van der Waals surface area (Å²) in [5.41, 5.74) is 0.703. The van der Waals surface area contributed by atoms with Gasteiger partial charge in [-0.2, -0.15) is 0 Å². The Hall–Kier alpha value is -1.82. The van der Waals surface area contributed by atoms with Crippen molar-refractivity contribution in [3.63, 3.8) is 0 Å². The number of nitrogens with one attached hydrogen (secondary N) is 1. The molecule has 0 saturated carbocycles. The van der Waals surface area contributed by atoms with E-state index in [4.69, 9.17) is 4.74 Å². The number of anilines is 2. The molecule has 0 aliphatic carbocycles. The number of aromatic nitrogens is 1. The van der Waals surface area contributed by atoms with E-state index in [0.29, 0.717) is 25.4 Å². The molecule has 1 aliphatic heterocycles. The summed E-state index contributed by atoms with van der Waals surface area (Å²) in [4.78, 5) is 20.0. The Morgan fingerprint density at radius 2 is 2.32 bits per heavy atom. The molecule has 1 atom stereocenters. The summed E-state index contributed by atoms with van der Waals surface area (Å²) in [6, 6.07) is 3.62. The summed E-state index contributed by atoms with van der Waals surface area (Å²) >= 11 is 0. The molecule has 2 amide bonds. The fraction of sp³-hybridized carbons (Fsp3) is 0.538. The largest absolute Gasteiger partial charge is 0.375 e. The van der Waals surface area contributed by atoms with Gasteiger partial charge in [0.15, 0.2) is 0 Å². The van der Waals surface area contributed by atoms with Crippen LogP contribution in [0.5, 0.6) is 0 Å². The zero-order valence-corrected chi connectivity index (χ0v) is 11.6. The number of urea groups is 1. The van der Waals surface area contributed by atoms with Crippen molar-refractivity contribution in [2.45, 2.75) is 13.0 Å². The number of ether oxygens (including phenoxy) is 1. The van der Waals surface area contributed by atoms with E-state index < -0.39 is 0 Å². The second-order valence-corrected chi connectivity index (χ2v) is 4.86. The monoisotopic (exact) mass is 264 g/mol. The average Bonchev–Trinajstić information content (AvgIpc) is 2.39. The Morgan fingerprint density at radius 3 is 2.89 bits per heavy atom. The Morgan fingerprint density at radius 1 is 1.53 bits per heavy atom. The van der Waals surface area contributed by atoms with E-state index in [1.165, 1.54) is 0 Å². The van der Waals surface area contributed by atoms with Crippen LogP contribution < -0.4 is 10.2 Å². The number of nitrogens with zero attached hydrogens (tertiary/aromatic N) is 3. The van der Waals surface area contributed by atoms with E-state index >= 15 is 0 Å². The highest BCUT2D eigenvalue weighted by molar-refractivity contribution is 5.89. The first-order chi connectivity index (χ1) is 9.06. The van der Waals surface area contributed by atoms with Gasteiger partial charge < -0.3 is 19.9 Å². The number of hydrogen-bond donors (Lipinski definition) is 1. The van der Waals surface area contributed by atoms with Crippen LogP contribution in [-0.4, -0.2) is 55.8 Å². The number of carbonyl (C=O) groups excluding carboxylic acids is 1. The lowest BCUT2D eigenvalue weighted by Gasteiger charge is -2.31. The number of hydrogen-bond acceptors (Lipinski definition) is 4. The molecule has 1 saturated heterocycles. The first-order valence-corrected chi connectivity index (χ1v) is 6.37. The molecule has 2 rings (SSSR count). The number of pyridine rings is 1. The molecule has 0 bridgehead atoms. The lowest BCUT2D eigenvalue weighted by atomic mass is 10.3. The van der Waals surface area contributed by atoms with E-state index in [9.17, 15) is 4.79 Å². The molecule has 1 aromatic rings. The summed E-state index contributed by atoms with van der Waals surface area (Å²) < 4.78 is 5.41. The van der Waals surface area contributed by atoms with Crippen molar-refractivity contribution in [3.8, 4) is 0 Å². The molecule has 1 fully saturated rings. The Balaban J connectivity index is 1.94. The van der Waals surface area contributed by atoms with Gasteiger partial charge in [0.1, 0.15) is 5.82 Å². The van der Waals surface area contributed by atoms with Crippen LogP contribution in [0.25, 0.3) is 0 Å². The molecule has 1 aromatic heterocycles. The molecule has 0 unspecified atom stereocenters. The van der Waals surface area contributed by atoms with Crippen LogP contribution in [0.1, 0.15) is 6.92 Å². The quantitative estimate of drug-likeness (QED) is 0.877. The molecular formula is C13H20N4O2. The molecule has 0 radical (unpaired) electrons. The highest BCUT2D eigenvalue weighted by Crippen LogP contribution is 2.13. The summed E-state index contributed by atoms with van der Waals surface area (Å²) in [6.07, 6.45) is 1.76. The molecule has 0 spiro atoms. The van der Waals surface area contributed by atoms with Gasteiger partial charge in [-0.25, -0.2) is 9.78 Å². The van der Waals surface area contributed by atoms with E-state index in [0.717, 1.165) is 5.82 Å². The Bertz CT molecular complexity index is 433. The van der Waals surface area contributed by atoms with Gasteiger partial charge in [0.2, 0.25) is 0 Å². The number of rotatable bonds is 2. The maximum Gasteiger partial charge on any atom is 0.322 e.